The van der Waals surface area contributed by atoms with E-state index in [1.807, 2.05) is 24.3 Å². The minimum Gasteiger partial charge on any atom is -0.480 e. The largest absolute Gasteiger partial charge is 0.480 e. The number of carbonyl (C=O) groups excluding carboxylic acids is 2. The number of halogens is 1. The topological polar surface area (TPSA) is 74.7 Å². The molecular weight excluding hydrogens is 414 g/mol. The van der Waals surface area contributed by atoms with Crippen molar-refractivity contribution in [3.05, 3.63) is 100 Å². The number of carboxylic acid groups (broad SMARTS) is 1. The summed E-state index contributed by atoms with van der Waals surface area (Å²) in [5.74, 6) is -4.26. The molecule has 2 amide bonds. The van der Waals surface area contributed by atoms with Gasteiger partial charge >= 0.3 is 5.97 Å². The van der Waals surface area contributed by atoms with Crippen LogP contribution in [0, 0.1) is 11.8 Å². The Morgan fingerprint density at radius 3 is 1.97 bits per heavy atom. The van der Waals surface area contributed by atoms with E-state index < -0.39 is 35.0 Å². The van der Waals surface area contributed by atoms with Crippen molar-refractivity contribution in [2.45, 2.75) is 11.3 Å². The normalized spacial score (nSPS) is 27.6. The van der Waals surface area contributed by atoms with Crippen molar-refractivity contribution in [1.29, 1.82) is 0 Å². The molecule has 0 saturated carbocycles. The Labute approximate surface area is 182 Å². The molecule has 3 aliphatic carbocycles. The van der Waals surface area contributed by atoms with Gasteiger partial charge in [-0.15, -0.1) is 0 Å². The Hall–Kier alpha value is -3.44. The van der Waals surface area contributed by atoms with Gasteiger partial charge in [0.15, 0.2) is 0 Å². The Morgan fingerprint density at radius 2 is 1.39 bits per heavy atom. The summed E-state index contributed by atoms with van der Waals surface area (Å²) in [6.45, 7) is 0. The van der Waals surface area contributed by atoms with E-state index in [1.165, 1.54) is 0 Å². The fourth-order valence-electron chi connectivity index (χ4n) is 6.01. The van der Waals surface area contributed by atoms with E-state index in [-0.39, 0.29) is 10.9 Å². The maximum Gasteiger partial charge on any atom is 0.319 e. The van der Waals surface area contributed by atoms with E-state index >= 15 is 0 Å². The van der Waals surface area contributed by atoms with Crippen LogP contribution in [-0.4, -0.2) is 22.9 Å². The van der Waals surface area contributed by atoms with E-state index in [4.69, 9.17) is 11.6 Å². The molecule has 7 rings (SSSR count). The molecule has 3 aromatic carbocycles. The maximum atomic E-state index is 13.8. The maximum absolute atomic E-state index is 13.8. The molecule has 31 heavy (non-hydrogen) atoms. The summed E-state index contributed by atoms with van der Waals surface area (Å²) < 4.78 is 0. The van der Waals surface area contributed by atoms with Gasteiger partial charge in [0.05, 0.1) is 22.5 Å². The van der Waals surface area contributed by atoms with Crippen molar-refractivity contribution in [2.24, 2.45) is 11.8 Å². The Bertz CT molecular complexity index is 1270. The van der Waals surface area contributed by atoms with Crippen LogP contribution in [0.25, 0.3) is 0 Å². The average molecular weight is 430 g/mol. The predicted molar refractivity (Wildman–Crippen MR) is 114 cm³/mol. The molecule has 3 aromatic rings. The zero-order chi connectivity index (χ0) is 21.5. The van der Waals surface area contributed by atoms with Gasteiger partial charge in [-0.05, 0) is 34.4 Å². The lowest BCUT2D eigenvalue weighted by Gasteiger charge is -2.51. The number of hydrogen-bond donors (Lipinski definition) is 1. The van der Waals surface area contributed by atoms with Crippen molar-refractivity contribution in [2.75, 3.05) is 4.90 Å². The van der Waals surface area contributed by atoms with Gasteiger partial charge in [0.1, 0.15) is 5.41 Å². The number of nitrogens with zero attached hydrogens (tertiary/aromatic N) is 1. The van der Waals surface area contributed by atoms with Crippen LogP contribution in [-0.2, 0) is 19.8 Å². The summed E-state index contributed by atoms with van der Waals surface area (Å²) in [6.07, 6.45) is 0. The summed E-state index contributed by atoms with van der Waals surface area (Å²) in [7, 11) is 0. The third-order valence-corrected chi connectivity index (χ3v) is 7.37. The van der Waals surface area contributed by atoms with Crippen molar-refractivity contribution < 1.29 is 19.5 Å². The lowest BCUT2D eigenvalue weighted by Crippen LogP contribution is -2.57. The zero-order valence-corrected chi connectivity index (χ0v) is 16.9. The summed E-state index contributed by atoms with van der Waals surface area (Å²) in [5.41, 5.74) is 1.44. The van der Waals surface area contributed by atoms with E-state index in [9.17, 15) is 19.5 Å². The second-order valence-corrected chi connectivity index (χ2v) is 8.64. The van der Waals surface area contributed by atoms with E-state index in [1.54, 1.807) is 48.5 Å². The number of benzene rings is 3. The monoisotopic (exact) mass is 429 g/mol. The van der Waals surface area contributed by atoms with Gasteiger partial charge in [0.25, 0.3) is 0 Å². The number of carbonyl (C=O) groups is 3. The van der Waals surface area contributed by atoms with Crippen molar-refractivity contribution in [3.8, 4) is 0 Å². The van der Waals surface area contributed by atoms with Gasteiger partial charge in [-0.1, -0.05) is 72.3 Å². The second-order valence-electron chi connectivity index (χ2n) is 8.23. The molecule has 1 fully saturated rings. The second kappa shape index (κ2) is 6.05. The predicted octanol–water partition coefficient (Wildman–Crippen LogP) is 3.98. The molecule has 4 aliphatic rings. The van der Waals surface area contributed by atoms with Gasteiger partial charge in [0.2, 0.25) is 11.8 Å². The molecule has 2 atom stereocenters. The molecule has 1 aliphatic heterocycles. The molecule has 1 heterocycles. The number of hydrogen-bond acceptors (Lipinski definition) is 3. The number of carboxylic acids is 1. The van der Waals surface area contributed by atoms with Crippen molar-refractivity contribution >= 4 is 35.1 Å². The Kier molecular flexibility index (Phi) is 3.58. The summed E-state index contributed by atoms with van der Waals surface area (Å²) in [5, 5.41) is 10.9. The smallest absolute Gasteiger partial charge is 0.319 e. The summed E-state index contributed by atoms with van der Waals surface area (Å²) >= 11 is 6.33. The first-order valence-electron chi connectivity index (χ1n) is 10.0. The molecule has 0 spiro atoms. The first-order chi connectivity index (χ1) is 15.0. The number of para-hydroxylation sites is 1. The van der Waals surface area contributed by atoms with E-state index in [0.717, 1.165) is 16.0 Å². The molecule has 6 heteroatoms. The zero-order valence-electron chi connectivity index (χ0n) is 16.2. The number of amides is 2. The highest BCUT2D eigenvalue weighted by Gasteiger charge is 2.71. The van der Waals surface area contributed by atoms with Gasteiger partial charge in [-0.3, -0.25) is 14.4 Å². The highest BCUT2D eigenvalue weighted by atomic mass is 35.5. The van der Waals surface area contributed by atoms with Gasteiger partial charge in [-0.25, -0.2) is 4.90 Å². The average Bonchev–Trinajstić information content (AvgIpc) is 3.05. The molecule has 0 radical (unpaired) electrons. The Balaban J connectivity index is 1.69. The van der Waals surface area contributed by atoms with Gasteiger partial charge in [-0.2, -0.15) is 0 Å². The molecule has 0 unspecified atom stereocenters. The molecule has 2 bridgehead atoms. The molecule has 5 nitrogen and oxygen atoms in total. The van der Waals surface area contributed by atoms with Crippen LogP contribution in [0.1, 0.15) is 28.2 Å². The van der Waals surface area contributed by atoms with E-state index in [0.29, 0.717) is 16.8 Å². The molecular formula is C25H16ClNO4. The van der Waals surface area contributed by atoms with Crippen LogP contribution >= 0.6 is 11.6 Å². The lowest BCUT2D eigenvalue weighted by molar-refractivity contribution is -0.149. The third kappa shape index (κ3) is 2.00. The fraction of sp³-hybridized carbons (Fsp3) is 0.160. The van der Waals surface area contributed by atoms with Crippen LogP contribution in [0.4, 0.5) is 5.69 Å². The number of anilines is 1. The van der Waals surface area contributed by atoms with Crippen LogP contribution in [0.5, 0.6) is 0 Å². The summed E-state index contributed by atoms with van der Waals surface area (Å²) in [6, 6.07) is 21.2. The first-order valence-corrected chi connectivity index (χ1v) is 10.4. The standard InChI is InChI=1S/C25H16ClNO4/c26-17-11-5-6-12-18(17)27-22(28)20-19-13-7-1-3-9-15(13)25(24(30)31,21(20)23(27)29)16-10-4-2-8-14(16)19/h1-12,19-21H,(H,30,31)/t19?,20-,21-,25?/m0/s1. The highest BCUT2D eigenvalue weighted by molar-refractivity contribution is 6.36. The molecule has 152 valence electrons. The Morgan fingerprint density at radius 1 is 0.839 bits per heavy atom. The highest BCUT2D eigenvalue weighted by Crippen LogP contribution is 2.64. The van der Waals surface area contributed by atoms with Gasteiger partial charge < -0.3 is 5.11 Å². The minimum absolute atomic E-state index is 0.273. The molecule has 1 saturated heterocycles. The van der Waals surface area contributed by atoms with Gasteiger partial charge in [0, 0.05) is 5.92 Å². The van der Waals surface area contributed by atoms with Crippen molar-refractivity contribution in [1.82, 2.24) is 0 Å². The number of aliphatic carboxylic acids is 1. The van der Waals surface area contributed by atoms with Crippen LogP contribution < -0.4 is 4.90 Å². The lowest BCUT2D eigenvalue weighted by atomic mass is 9.47. The number of rotatable bonds is 2. The molecule has 0 aromatic heterocycles. The quantitative estimate of drug-likeness (QED) is 0.625. The van der Waals surface area contributed by atoms with Crippen LogP contribution in [0.15, 0.2) is 72.8 Å². The summed E-state index contributed by atoms with van der Waals surface area (Å²) in [4.78, 5) is 41.7. The van der Waals surface area contributed by atoms with Crippen molar-refractivity contribution in [3.63, 3.8) is 0 Å². The van der Waals surface area contributed by atoms with E-state index in [2.05, 4.69) is 0 Å². The fourth-order valence-corrected chi connectivity index (χ4v) is 6.23. The molecule has 1 N–H and O–H groups in total. The number of imide groups is 1. The first kappa shape index (κ1) is 18.3. The van der Waals surface area contributed by atoms with Crippen LogP contribution in [0.2, 0.25) is 5.02 Å². The van der Waals surface area contributed by atoms with Crippen LogP contribution in [0.3, 0.4) is 0 Å². The minimum atomic E-state index is -1.63. The SMILES string of the molecule is O=C1[C@@H]2[C@@H](C(=O)N1c1ccccc1Cl)C1c3ccccc3C2(C(=O)O)c2ccccc21. The third-order valence-electron chi connectivity index (χ3n) is 7.05.